The van der Waals surface area contributed by atoms with Crippen LogP contribution in [0.3, 0.4) is 0 Å². The number of hydrogen-bond acceptors (Lipinski definition) is 3. The molecular weight excluding hydrogens is 321 g/mol. The van der Waals surface area contributed by atoms with Crippen molar-refractivity contribution in [1.29, 1.82) is 0 Å². The van der Waals surface area contributed by atoms with E-state index in [9.17, 15) is 14.0 Å². The molecule has 1 aliphatic rings. The van der Waals surface area contributed by atoms with E-state index in [2.05, 4.69) is 0 Å². The minimum absolute atomic E-state index is 0.00324. The second kappa shape index (κ2) is 5.28. The standard InChI is InChI=1S/C20H16FNO3/c1-10-8-13-15(9-11(10)2)25-19-16(18(13)23)17(22(3)20(19)24)12-6-4-5-7-14(12)21/h4-9,17H,1-3H3/t17-/m0/s1. The van der Waals surface area contributed by atoms with Gasteiger partial charge in [0.2, 0.25) is 5.76 Å². The molecule has 0 N–H and O–H groups in total. The molecule has 4 rings (SSSR count). The first-order valence-electron chi connectivity index (χ1n) is 7.99. The van der Waals surface area contributed by atoms with E-state index in [0.717, 1.165) is 11.1 Å². The van der Waals surface area contributed by atoms with E-state index in [1.807, 2.05) is 13.8 Å². The van der Waals surface area contributed by atoms with Crippen molar-refractivity contribution in [2.24, 2.45) is 0 Å². The minimum Gasteiger partial charge on any atom is -0.450 e. The topological polar surface area (TPSA) is 50.5 Å². The lowest BCUT2D eigenvalue weighted by Crippen LogP contribution is -2.25. The van der Waals surface area contributed by atoms with Crippen LogP contribution in [0.5, 0.6) is 0 Å². The maximum atomic E-state index is 14.3. The second-order valence-corrected chi connectivity index (χ2v) is 6.45. The van der Waals surface area contributed by atoms with Crippen molar-refractivity contribution in [3.05, 3.63) is 80.5 Å². The average molecular weight is 337 g/mol. The summed E-state index contributed by atoms with van der Waals surface area (Å²) < 4.78 is 20.1. The highest BCUT2D eigenvalue weighted by Gasteiger charge is 2.41. The van der Waals surface area contributed by atoms with Crippen LogP contribution >= 0.6 is 0 Å². The summed E-state index contributed by atoms with van der Waals surface area (Å²) in [4.78, 5) is 27.1. The Morgan fingerprint density at radius 2 is 1.76 bits per heavy atom. The largest absolute Gasteiger partial charge is 0.450 e. The molecule has 0 unspecified atom stereocenters. The Balaban J connectivity index is 2.08. The van der Waals surface area contributed by atoms with Gasteiger partial charge in [0.25, 0.3) is 5.91 Å². The van der Waals surface area contributed by atoms with Crippen molar-refractivity contribution in [2.45, 2.75) is 19.9 Å². The third-order valence-electron chi connectivity index (χ3n) is 4.92. The molecule has 25 heavy (non-hydrogen) atoms. The second-order valence-electron chi connectivity index (χ2n) is 6.45. The third kappa shape index (κ3) is 2.12. The van der Waals surface area contributed by atoms with E-state index < -0.39 is 17.8 Å². The number of aryl methyl sites for hydroxylation is 2. The van der Waals surface area contributed by atoms with Crippen LogP contribution in [0.15, 0.2) is 45.6 Å². The van der Waals surface area contributed by atoms with Crippen molar-refractivity contribution in [1.82, 2.24) is 4.90 Å². The molecule has 0 fully saturated rings. The summed E-state index contributed by atoms with van der Waals surface area (Å²) >= 11 is 0. The van der Waals surface area contributed by atoms with Gasteiger partial charge in [-0.1, -0.05) is 18.2 Å². The predicted octanol–water partition coefficient (Wildman–Crippen LogP) is 3.72. The van der Waals surface area contributed by atoms with Gasteiger partial charge in [0.15, 0.2) is 5.43 Å². The fraction of sp³-hybridized carbons (Fsp3) is 0.200. The summed E-state index contributed by atoms with van der Waals surface area (Å²) in [5.41, 5.74) is 2.51. The first-order valence-corrected chi connectivity index (χ1v) is 7.99. The molecule has 3 aromatic rings. The van der Waals surface area contributed by atoms with Crippen LogP contribution in [-0.2, 0) is 0 Å². The number of benzene rings is 2. The van der Waals surface area contributed by atoms with E-state index in [1.165, 1.54) is 11.0 Å². The summed E-state index contributed by atoms with van der Waals surface area (Å²) in [5, 5.41) is 0.409. The molecule has 1 amide bonds. The van der Waals surface area contributed by atoms with Crippen LogP contribution in [0.25, 0.3) is 11.0 Å². The highest BCUT2D eigenvalue weighted by atomic mass is 19.1. The Hall–Kier alpha value is -2.95. The lowest BCUT2D eigenvalue weighted by molar-refractivity contribution is 0.0770. The summed E-state index contributed by atoms with van der Waals surface area (Å²) in [6.45, 7) is 3.82. The van der Waals surface area contributed by atoms with Crippen LogP contribution in [0, 0.1) is 19.7 Å². The van der Waals surface area contributed by atoms with Crippen LogP contribution < -0.4 is 5.43 Å². The van der Waals surface area contributed by atoms with Crippen LogP contribution in [0.4, 0.5) is 4.39 Å². The number of rotatable bonds is 1. The predicted molar refractivity (Wildman–Crippen MR) is 92.3 cm³/mol. The van der Waals surface area contributed by atoms with Gasteiger partial charge in [0.05, 0.1) is 17.0 Å². The number of amides is 1. The fourth-order valence-corrected chi connectivity index (χ4v) is 3.40. The molecule has 2 aromatic carbocycles. The van der Waals surface area contributed by atoms with Crippen molar-refractivity contribution >= 4 is 16.9 Å². The van der Waals surface area contributed by atoms with E-state index >= 15 is 0 Å². The van der Waals surface area contributed by atoms with Crippen molar-refractivity contribution in [3.8, 4) is 0 Å². The van der Waals surface area contributed by atoms with Crippen LogP contribution in [-0.4, -0.2) is 17.9 Å². The minimum atomic E-state index is -0.786. The number of carbonyl (C=O) groups is 1. The molecule has 1 aliphatic heterocycles. The highest BCUT2D eigenvalue weighted by Crippen LogP contribution is 2.38. The molecule has 0 spiro atoms. The van der Waals surface area contributed by atoms with Gasteiger partial charge in [-0.05, 0) is 43.2 Å². The Morgan fingerprint density at radius 1 is 1.08 bits per heavy atom. The average Bonchev–Trinajstić information content (AvgIpc) is 2.83. The normalized spacial score (nSPS) is 16.6. The van der Waals surface area contributed by atoms with E-state index in [-0.39, 0.29) is 22.3 Å². The number of carbonyl (C=O) groups excluding carboxylic acids is 1. The summed E-state index contributed by atoms with van der Waals surface area (Å²) in [5.74, 6) is -0.878. The molecular formula is C20H16FNO3. The molecule has 4 nitrogen and oxygen atoms in total. The Labute approximate surface area is 143 Å². The molecule has 2 heterocycles. The monoisotopic (exact) mass is 337 g/mol. The summed E-state index contributed by atoms with van der Waals surface area (Å²) in [6, 6.07) is 8.90. The molecule has 0 saturated carbocycles. The zero-order valence-corrected chi connectivity index (χ0v) is 14.1. The Kier molecular flexibility index (Phi) is 3.29. The fourth-order valence-electron chi connectivity index (χ4n) is 3.40. The van der Waals surface area contributed by atoms with E-state index in [0.29, 0.717) is 11.0 Å². The zero-order chi connectivity index (χ0) is 17.9. The third-order valence-corrected chi connectivity index (χ3v) is 4.92. The Morgan fingerprint density at radius 3 is 2.48 bits per heavy atom. The molecule has 5 heteroatoms. The van der Waals surface area contributed by atoms with Crippen molar-refractivity contribution in [3.63, 3.8) is 0 Å². The molecule has 126 valence electrons. The van der Waals surface area contributed by atoms with Gasteiger partial charge in [-0.15, -0.1) is 0 Å². The molecule has 0 bridgehead atoms. The summed E-state index contributed by atoms with van der Waals surface area (Å²) in [6.07, 6.45) is 0. The molecule has 1 aromatic heterocycles. The quantitative estimate of drug-likeness (QED) is 0.680. The Bertz CT molecular complexity index is 1100. The zero-order valence-electron chi connectivity index (χ0n) is 14.1. The number of fused-ring (bicyclic) bond motifs is 2. The van der Waals surface area contributed by atoms with Crippen LogP contribution in [0.2, 0.25) is 0 Å². The molecule has 0 saturated heterocycles. The number of hydrogen-bond donors (Lipinski definition) is 0. The van der Waals surface area contributed by atoms with Gasteiger partial charge in [-0.2, -0.15) is 0 Å². The van der Waals surface area contributed by atoms with Gasteiger partial charge >= 0.3 is 0 Å². The molecule has 1 atom stereocenters. The van der Waals surface area contributed by atoms with Gasteiger partial charge in [-0.3, -0.25) is 9.59 Å². The summed E-state index contributed by atoms with van der Waals surface area (Å²) in [7, 11) is 1.55. The van der Waals surface area contributed by atoms with Gasteiger partial charge < -0.3 is 9.32 Å². The van der Waals surface area contributed by atoms with E-state index in [4.69, 9.17) is 4.42 Å². The molecule has 0 aliphatic carbocycles. The lowest BCUT2D eigenvalue weighted by atomic mass is 9.97. The van der Waals surface area contributed by atoms with Gasteiger partial charge in [-0.25, -0.2) is 4.39 Å². The van der Waals surface area contributed by atoms with Gasteiger partial charge in [0, 0.05) is 12.6 Å². The first-order chi connectivity index (χ1) is 11.9. The smallest absolute Gasteiger partial charge is 0.290 e. The maximum Gasteiger partial charge on any atom is 0.290 e. The maximum absolute atomic E-state index is 14.3. The SMILES string of the molecule is Cc1cc2oc3c(c(=O)c2cc1C)[C@H](c1ccccc1F)N(C)C3=O. The highest BCUT2D eigenvalue weighted by molar-refractivity contribution is 5.99. The van der Waals surface area contributed by atoms with Gasteiger partial charge in [0.1, 0.15) is 11.4 Å². The number of halogens is 1. The number of nitrogens with zero attached hydrogens (tertiary/aromatic N) is 1. The lowest BCUT2D eigenvalue weighted by Gasteiger charge is -2.20. The van der Waals surface area contributed by atoms with Crippen molar-refractivity contribution in [2.75, 3.05) is 7.05 Å². The molecule has 0 radical (unpaired) electrons. The van der Waals surface area contributed by atoms with E-state index in [1.54, 1.807) is 37.4 Å². The van der Waals surface area contributed by atoms with Crippen molar-refractivity contribution < 1.29 is 13.6 Å². The first kappa shape index (κ1) is 15.6. The van der Waals surface area contributed by atoms with Crippen LogP contribution in [0.1, 0.15) is 38.9 Å².